The van der Waals surface area contributed by atoms with Gasteiger partial charge in [-0.3, -0.25) is 19.3 Å². The van der Waals surface area contributed by atoms with E-state index in [1.807, 2.05) is 57.6 Å². The largest absolute Gasteiger partial charge is 0.469 e. The molecule has 4 aromatic rings. The number of fused-ring (bicyclic) bond motifs is 4. The molecule has 0 spiro atoms. The first kappa shape index (κ1) is 41.0. The molecule has 312 valence electrons. The molecule has 59 heavy (non-hydrogen) atoms. The normalized spacial score (nSPS) is 21.3. The second kappa shape index (κ2) is 15.4. The molecule has 15 heteroatoms. The number of carbonyl (C=O) groups excluding carboxylic acids is 4. The number of anilines is 1. The summed E-state index contributed by atoms with van der Waals surface area (Å²) in [6.45, 7) is 8.62. The number of aromatic nitrogens is 4. The van der Waals surface area contributed by atoms with Crippen molar-refractivity contribution in [2.75, 3.05) is 32.1 Å². The van der Waals surface area contributed by atoms with Crippen molar-refractivity contribution in [3.05, 3.63) is 86.4 Å². The first-order valence-corrected chi connectivity index (χ1v) is 21.0. The van der Waals surface area contributed by atoms with Crippen molar-refractivity contribution >= 4 is 52.6 Å². The van der Waals surface area contributed by atoms with E-state index in [-0.39, 0.29) is 41.5 Å². The fourth-order valence-electron chi connectivity index (χ4n) is 9.88. The van der Waals surface area contributed by atoms with Crippen LogP contribution in [0.2, 0.25) is 10.0 Å². The number of hydrogen-bond donors (Lipinski definition) is 1. The summed E-state index contributed by atoms with van der Waals surface area (Å²) in [5.74, 6) is -0.0603. The number of methoxy groups -OCH3 is 1. The summed E-state index contributed by atoms with van der Waals surface area (Å²) in [6.07, 6.45) is 5.63. The number of ketones is 1. The number of esters is 1. The second-order valence-corrected chi connectivity index (χ2v) is 18.6. The molecule has 0 atom stereocenters. The number of Topliss-reactive ketones (excluding diaryl/α,β-unsaturated/α-hetero) is 1. The lowest BCUT2D eigenvalue weighted by molar-refractivity contribution is -0.152. The maximum absolute atomic E-state index is 13.8. The zero-order valence-electron chi connectivity index (χ0n) is 34.5. The van der Waals surface area contributed by atoms with Crippen LogP contribution in [0.25, 0.3) is 11.1 Å². The number of hydrogen-bond acceptors (Lipinski definition) is 9. The lowest BCUT2D eigenvalue weighted by Crippen LogP contribution is -2.40. The summed E-state index contributed by atoms with van der Waals surface area (Å²) < 4.78 is 14.4. The van der Waals surface area contributed by atoms with E-state index in [2.05, 4.69) is 15.2 Å². The summed E-state index contributed by atoms with van der Waals surface area (Å²) in [6, 6.07) is 10.8. The Morgan fingerprint density at radius 1 is 0.831 bits per heavy atom. The van der Waals surface area contributed by atoms with E-state index in [9.17, 15) is 19.2 Å². The molecule has 1 N–H and O–H groups in total. The lowest BCUT2D eigenvalue weighted by Gasteiger charge is -2.35. The third-order valence-corrected chi connectivity index (χ3v) is 13.7. The van der Waals surface area contributed by atoms with Gasteiger partial charge in [-0.1, -0.05) is 53.5 Å². The molecule has 2 fully saturated rings. The molecule has 0 radical (unpaired) electrons. The molecular weight excluding hydrogens is 793 g/mol. The van der Waals surface area contributed by atoms with E-state index in [4.69, 9.17) is 37.7 Å². The summed E-state index contributed by atoms with van der Waals surface area (Å²) in [4.78, 5) is 66.4. The highest BCUT2D eigenvalue weighted by Crippen LogP contribution is 2.62. The maximum Gasteiger partial charge on any atom is 0.410 e. The first-order valence-electron chi connectivity index (χ1n) is 20.3. The van der Waals surface area contributed by atoms with Crippen LogP contribution < -0.4 is 5.32 Å². The summed E-state index contributed by atoms with van der Waals surface area (Å²) in [5, 5.41) is 3.66. The number of nitrogens with zero attached hydrogens (tertiary/aromatic N) is 6. The number of halogens is 2. The zero-order chi connectivity index (χ0) is 42.0. The smallest absolute Gasteiger partial charge is 0.410 e. The van der Waals surface area contributed by atoms with E-state index in [1.165, 1.54) is 7.11 Å². The fraction of sp³-hybridized carbons (Fsp3) is 0.500. The Bertz CT molecular complexity index is 2370. The number of benzene rings is 2. The standard InChI is InChI=1S/C44H51Cl2N7O6/c1-42(2,3)59-41(57)53-20-14-33-31(23-53)47-37(50(33)4)34(54)21-26-9-7-10-27(35(26)45)28-11-8-12-29(36(28)46)49-39(55)38-48-30-22-52(19-13-32(30)51(38)5)25-43-15-17-44(24-43,18-16-43)40(56)58-6/h7-12H,13-25H2,1-6H3,(H,49,55). The van der Waals surface area contributed by atoms with E-state index in [0.717, 1.165) is 68.7 Å². The van der Waals surface area contributed by atoms with Crippen LogP contribution in [0.3, 0.4) is 0 Å². The molecule has 2 bridgehead atoms. The van der Waals surface area contributed by atoms with Crippen molar-refractivity contribution in [2.45, 2.75) is 90.8 Å². The quantitative estimate of drug-likeness (QED) is 0.133. The van der Waals surface area contributed by atoms with Gasteiger partial charge in [0, 0.05) is 82.1 Å². The van der Waals surface area contributed by atoms with Gasteiger partial charge in [0.25, 0.3) is 5.91 Å². The topological polar surface area (TPSA) is 141 Å². The van der Waals surface area contributed by atoms with E-state index in [0.29, 0.717) is 69.3 Å². The number of imidazole rings is 2. The van der Waals surface area contributed by atoms with Crippen molar-refractivity contribution in [1.29, 1.82) is 0 Å². The molecule has 4 heterocycles. The fourth-order valence-corrected chi connectivity index (χ4v) is 10.5. The molecule has 2 aromatic carbocycles. The van der Waals surface area contributed by atoms with Crippen molar-refractivity contribution in [1.82, 2.24) is 28.9 Å². The van der Waals surface area contributed by atoms with Gasteiger partial charge in [0.2, 0.25) is 5.78 Å². The van der Waals surface area contributed by atoms with Crippen molar-refractivity contribution in [3.63, 3.8) is 0 Å². The minimum absolute atomic E-state index is 0.00323. The Balaban J connectivity index is 0.945. The maximum atomic E-state index is 13.8. The average molecular weight is 845 g/mol. The molecule has 2 aliphatic carbocycles. The SMILES string of the molecule is COC(=O)C12CCC(CN3CCc4c(nc(C(=O)Nc5cccc(-c6cccc(CC(=O)c7nc8c(n7C)CCN(C(=O)OC(C)(C)C)C8)c6Cl)c5Cl)n4C)C3)(CC1)C2. The molecule has 2 aromatic heterocycles. The Morgan fingerprint density at radius 2 is 1.46 bits per heavy atom. The van der Waals surface area contributed by atoms with Gasteiger partial charge in [-0.2, -0.15) is 0 Å². The van der Waals surface area contributed by atoms with E-state index in [1.54, 1.807) is 27.7 Å². The zero-order valence-corrected chi connectivity index (χ0v) is 36.1. The van der Waals surface area contributed by atoms with E-state index >= 15 is 0 Å². The van der Waals surface area contributed by atoms with Crippen LogP contribution in [0.1, 0.15) is 102 Å². The van der Waals surface area contributed by atoms with Gasteiger partial charge in [-0.25, -0.2) is 14.8 Å². The number of rotatable bonds is 9. The van der Waals surface area contributed by atoms with Crippen LogP contribution in [0.5, 0.6) is 0 Å². The predicted molar refractivity (Wildman–Crippen MR) is 224 cm³/mol. The molecule has 13 nitrogen and oxygen atoms in total. The molecular formula is C44H51Cl2N7O6. The molecule has 0 saturated heterocycles. The Hall–Kier alpha value is -4.72. The number of nitrogens with one attached hydrogen (secondary N) is 1. The minimum atomic E-state index is -0.616. The summed E-state index contributed by atoms with van der Waals surface area (Å²) in [5.41, 5.74) is 4.92. The highest BCUT2D eigenvalue weighted by atomic mass is 35.5. The van der Waals surface area contributed by atoms with Gasteiger partial charge in [0.1, 0.15) is 5.60 Å². The molecule has 0 unspecified atom stereocenters. The van der Waals surface area contributed by atoms with Gasteiger partial charge in [0.15, 0.2) is 11.6 Å². The Labute approximate surface area is 354 Å². The predicted octanol–water partition coefficient (Wildman–Crippen LogP) is 7.58. The highest BCUT2D eigenvalue weighted by Gasteiger charge is 2.59. The number of amides is 2. The van der Waals surface area contributed by atoms with Crippen LogP contribution in [-0.2, 0) is 60.7 Å². The van der Waals surface area contributed by atoms with Crippen LogP contribution >= 0.6 is 23.2 Å². The molecule has 4 aliphatic rings. The third-order valence-electron chi connectivity index (χ3n) is 12.8. The van der Waals surface area contributed by atoms with Crippen LogP contribution in [0.4, 0.5) is 10.5 Å². The van der Waals surface area contributed by atoms with Crippen molar-refractivity contribution in [3.8, 4) is 11.1 Å². The van der Waals surface area contributed by atoms with Crippen molar-refractivity contribution < 1.29 is 28.7 Å². The monoisotopic (exact) mass is 843 g/mol. The van der Waals surface area contributed by atoms with Gasteiger partial charge >= 0.3 is 12.1 Å². The highest BCUT2D eigenvalue weighted by molar-refractivity contribution is 6.39. The van der Waals surface area contributed by atoms with E-state index < -0.39 is 11.7 Å². The average Bonchev–Trinajstić information content (AvgIpc) is 3.95. The lowest BCUT2D eigenvalue weighted by atomic mass is 9.81. The van der Waals surface area contributed by atoms with Crippen molar-refractivity contribution in [2.24, 2.45) is 24.9 Å². The molecule has 2 amide bonds. The first-order chi connectivity index (χ1) is 28.0. The van der Waals surface area contributed by atoms with Gasteiger partial charge < -0.3 is 28.8 Å². The summed E-state index contributed by atoms with van der Waals surface area (Å²) in [7, 11) is 5.18. The van der Waals surface area contributed by atoms with Gasteiger partial charge in [0.05, 0.1) is 46.2 Å². The van der Waals surface area contributed by atoms with Gasteiger partial charge in [-0.15, -0.1) is 0 Å². The molecule has 8 rings (SSSR count). The molecule has 2 saturated carbocycles. The molecule has 2 aliphatic heterocycles. The Morgan fingerprint density at radius 3 is 2.15 bits per heavy atom. The number of carbonyl (C=O) groups is 4. The second-order valence-electron chi connectivity index (χ2n) is 17.8. The number of ether oxygens (including phenoxy) is 2. The third kappa shape index (κ3) is 7.66. The Kier molecular flexibility index (Phi) is 10.7. The van der Waals surface area contributed by atoms with Crippen LogP contribution in [0.15, 0.2) is 36.4 Å². The van der Waals surface area contributed by atoms with Gasteiger partial charge in [-0.05, 0) is 69.9 Å². The van der Waals surface area contributed by atoms with Crippen LogP contribution in [-0.4, -0.2) is 85.0 Å². The minimum Gasteiger partial charge on any atom is -0.469 e. The van der Waals surface area contributed by atoms with Crippen LogP contribution in [0, 0.1) is 10.8 Å². The summed E-state index contributed by atoms with van der Waals surface area (Å²) >= 11 is 14.0.